The molecule has 2 aromatic rings. The number of aliphatic hydroxyl groups is 2. The molecular weight excluding hydrogens is 216 g/mol. The van der Waals surface area contributed by atoms with Crippen LogP contribution < -0.4 is 0 Å². The van der Waals surface area contributed by atoms with Gasteiger partial charge in [0.15, 0.2) is 12.5 Å². The molecule has 0 spiro atoms. The summed E-state index contributed by atoms with van der Waals surface area (Å²) in [6.07, 6.45) is -1.57. The zero-order chi connectivity index (χ0) is 11.8. The minimum absolute atomic E-state index is 0.513. The molecule has 88 valence electrons. The molecule has 3 N–H and O–H groups in total. The van der Waals surface area contributed by atoms with Gasteiger partial charge >= 0.3 is 0 Å². The Morgan fingerprint density at radius 3 is 2.12 bits per heavy atom. The van der Waals surface area contributed by atoms with Gasteiger partial charge in [-0.05, 0) is 17.7 Å². The maximum Gasteiger partial charge on any atom is 0.150 e. The highest BCUT2D eigenvalue weighted by atomic mass is 16.3. The van der Waals surface area contributed by atoms with Crippen LogP contribution in [0.4, 0.5) is 0 Å². The first-order valence-corrected chi connectivity index (χ1v) is 5.60. The molecule has 1 aliphatic heterocycles. The van der Waals surface area contributed by atoms with Crippen LogP contribution in [0.5, 0.6) is 0 Å². The van der Waals surface area contributed by atoms with Gasteiger partial charge in [0, 0.05) is 6.54 Å². The SMILES string of the molecule is OC1c2ccc([nH]2)C(O)N1Cc1ccccc1. The second-order valence-electron chi connectivity index (χ2n) is 4.27. The van der Waals surface area contributed by atoms with Crippen molar-refractivity contribution in [3.8, 4) is 0 Å². The Morgan fingerprint density at radius 1 is 0.941 bits per heavy atom. The van der Waals surface area contributed by atoms with Crippen LogP contribution in [0.1, 0.15) is 29.4 Å². The molecule has 0 aliphatic carbocycles. The van der Waals surface area contributed by atoms with Crippen molar-refractivity contribution in [2.45, 2.75) is 19.0 Å². The van der Waals surface area contributed by atoms with Crippen LogP contribution in [0.2, 0.25) is 0 Å². The molecule has 2 unspecified atom stereocenters. The molecule has 2 heterocycles. The van der Waals surface area contributed by atoms with E-state index in [-0.39, 0.29) is 0 Å². The quantitative estimate of drug-likeness (QED) is 0.733. The van der Waals surface area contributed by atoms with Gasteiger partial charge in [-0.3, -0.25) is 0 Å². The highest BCUT2D eigenvalue weighted by Crippen LogP contribution is 2.33. The third kappa shape index (κ3) is 1.76. The maximum atomic E-state index is 10.1. The van der Waals surface area contributed by atoms with Gasteiger partial charge in [-0.15, -0.1) is 0 Å². The van der Waals surface area contributed by atoms with E-state index < -0.39 is 12.5 Å². The topological polar surface area (TPSA) is 59.5 Å². The van der Waals surface area contributed by atoms with Crippen molar-refractivity contribution in [3.05, 3.63) is 59.4 Å². The van der Waals surface area contributed by atoms with Crippen LogP contribution in [0, 0.1) is 0 Å². The van der Waals surface area contributed by atoms with Crippen LogP contribution >= 0.6 is 0 Å². The van der Waals surface area contributed by atoms with Crippen LogP contribution in [0.3, 0.4) is 0 Å². The summed E-state index contributed by atoms with van der Waals surface area (Å²) in [6, 6.07) is 13.4. The van der Waals surface area contributed by atoms with Crippen molar-refractivity contribution in [1.29, 1.82) is 0 Å². The number of rotatable bonds is 2. The summed E-state index contributed by atoms with van der Waals surface area (Å²) in [6.45, 7) is 0.513. The average Bonchev–Trinajstić information content (AvgIpc) is 2.81. The van der Waals surface area contributed by atoms with E-state index in [4.69, 9.17) is 0 Å². The van der Waals surface area contributed by atoms with Gasteiger partial charge in [0.1, 0.15) is 0 Å². The monoisotopic (exact) mass is 230 g/mol. The van der Waals surface area contributed by atoms with E-state index in [2.05, 4.69) is 4.98 Å². The molecule has 4 heteroatoms. The van der Waals surface area contributed by atoms with E-state index in [1.165, 1.54) is 0 Å². The lowest BCUT2D eigenvalue weighted by atomic mass is 10.2. The Bertz CT molecular complexity index is 485. The fraction of sp³-hybridized carbons (Fsp3) is 0.231. The molecule has 17 heavy (non-hydrogen) atoms. The van der Waals surface area contributed by atoms with Crippen molar-refractivity contribution >= 4 is 0 Å². The third-order valence-corrected chi connectivity index (χ3v) is 3.12. The molecule has 0 saturated carbocycles. The minimum atomic E-state index is -0.785. The number of hydrogen-bond acceptors (Lipinski definition) is 3. The number of fused-ring (bicyclic) bond motifs is 2. The normalized spacial score (nSPS) is 23.9. The summed E-state index contributed by atoms with van der Waals surface area (Å²) < 4.78 is 0. The molecule has 0 radical (unpaired) electrons. The lowest BCUT2D eigenvalue weighted by molar-refractivity contribution is -0.123. The lowest BCUT2D eigenvalue weighted by Crippen LogP contribution is -2.35. The highest BCUT2D eigenvalue weighted by molar-refractivity contribution is 5.22. The van der Waals surface area contributed by atoms with Gasteiger partial charge in [-0.2, -0.15) is 0 Å². The fourth-order valence-electron chi connectivity index (χ4n) is 2.19. The van der Waals surface area contributed by atoms with Crippen molar-refractivity contribution in [3.63, 3.8) is 0 Å². The zero-order valence-corrected chi connectivity index (χ0v) is 9.24. The number of benzene rings is 1. The molecule has 0 saturated heterocycles. The second-order valence-corrected chi connectivity index (χ2v) is 4.27. The molecule has 1 aromatic carbocycles. The minimum Gasteiger partial charge on any atom is -0.372 e. The Balaban J connectivity index is 1.86. The number of aliphatic hydroxyl groups excluding tert-OH is 2. The number of hydrogen-bond donors (Lipinski definition) is 3. The van der Waals surface area contributed by atoms with Crippen LogP contribution in [0.15, 0.2) is 42.5 Å². The Labute approximate surface area is 99.1 Å². The van der Waals surface area contributed by atoms with E-state index >= 15 is 0 Å². The molecule has 1 aliphatic rings. The van der Waals surface area contributed by atoms with Gasteiger partial charge in [0.05, 0.1) is 11.4 Å². The standard InChI is InChI=1S/C13H14N2O2/c16-12-10-6-7-11(14-10)13(17)15(12)8-9-4-2-1-3-5-9/h1-7,12-14,16-17H,8H2. The van der Waals surface area contributed by atoms with Gasteiger partial charge < -0.3 is 15.2 Å². The van der Waals surface area contributed by atoms with E-state index in [1.807, 2.05) is 30.3 Å². The van der Waals surface area contributed by atoms with Crippen molar-refractivity contribution in [2.24, 2.45) is 0 Å². The molecule has 0 amide bonds. The molecule has 4 nitrogen and oxygen atoms in total. The predicted octanol–water partition coefficient (Wildman–Crippen LogP) is 1.51. The summed E-state index contributed by atoms with van der Waals surface area (Å²) >= 11 is 0. The fourth-order valence-corrected chi connectivity index (χ4v) is 2.19. The summed E-state index contributed by atoms with van der Waals surface area (Å²) in [5.74, 6) is 0. The second kappa shape index (κ2) is 4.00. The lowest BCUT2D eigenvalue weighted by Gasteiger charge is -2.33. The van der Waals surface area contributed by atoms with E-state index in [0.717, 1.165) is 17.0 Å². The van der Waals surface area contributed by atoms with E-state index in [9.17, 15) is 10.2 Å². The van der Waals surface area contributed by atoms with E-state index in [0.29, 0.717) is 6.54 Å². The first-order chi connectivity index (χ1) is 8.25. The van der Waals surface area contributed by atoms with E-state index in [1.54, 1.807) is 17.0 Å². The van der Waals surface area contributed by atoms with Gasteiger partial charge in [0.25, 0.3) is 0 Å². The summed E-state index contributed by atoms with van der Waals surface area (Å²) in [5, 5.41) is 20.2. The Kier molecular flexibility index (Phi) is 2.48. The zero-order valence-electron chi connectivity index (χ0n) is 9.24. The van der Waals surface area contributed by atoms with Crippen LogP contribution in [-0.2, 0) is 6.54 Å². The number of nitrogens with one attached hydrogen (secondary N) is 1. The van der Waals surface area contributed by atoms with Crippen molar-refractivity contribution < 1.29 is 10.2 Å². The molecule has 0 fully saturated rings. The van der Waals surface area contributed by atoms with Crippen LogP contribution in [0.25, 0.3) is 0 Å². The molecule has 3 rings (SSSR count). The first kappa shape index (κ1) is 10.5. The predicted molar refractivity (Wildman–Crippen MR) is 62.7 cm³/mol. The van der Waals surface area contributed by atoms with Crippen molar-refractivity contribution in [1.82, 2.24) is 9.88 Å². The number of H-pyrrole nitrogens is 1. The first-order valence-electron chi connectivity index (χ1n) is 5.60. The number of aromatic amines is 1. The summed E-state index contributed by atoms with van der Waals surface area (Å²) in [4.78, 5) is 4.64. The molecular formula is C13H14N2O2. The largest absolute Gasteiger partial charge is 0.372 e. The summed E-state index contributed by atoms with van der Waals surface area (Å²) in [7, 11) is 0. The Morgan fingerprint density at radius 2 is 1.53 bits per heavy atom. The Hall–Kier alpha value is -1.62. The third-order valence-electron chi connectivity index (χ3n) is 3.12. The van der Waals surface area contributed by atoms with Gasteiger partial charge in [-0.25, -0.2) is 4.90 Å². The molecule has 1 aromatic heterocycles. The van der Waals surface area contributed by atoms with Crippen LogP contribution in [-0.4, -0.2) is 20.1 Å². The molecule has 2 bridgehead atoms. The number of nitrogens with zero attached hydrogens (tertiary/aromatic N) is 1. The number of aromatic nitrogens is 1. The summed E-state index contributed by atoms with van der Waals surface area (Å²) in [5.41, 5.74) is 2.51. The maximum absolute atomic E-state index is 10.1. The van der Waals surface area contributed by atoms with Gasteiger partial charge in [-0.1, -0.05) is 30.3 Å². The smallest absolute Gasteiger partial charge is 0.150 e. The molecule has 2 atom stereocenters. The highest BCUT2D eigenvalue weighted by Gasteiger charge is 2.32. The van der Waals surface area contributed by atoms with Gasteiger partial charge in [0.2, 0.25) is 0 Å². The van der Waals surface area contributed by atoms with Crippen molar-refractivity contribution in [2.75, 3.05) is 0 Å². The average molecular weight is 230 g/mol.